The van der Waals surface area contributed by atoms with Gasteiger partial charge in [-0.05, 0) is 58.2 Å². The predicted octanol–water partition coefficient (Wildman–Crippen LogP) is 3.08. The van der Waals surface area contributed by atoms with Crippen molar-refractivity contribution in [2.24, 2.45) is 0 Å². The standard InChI is InChI=1S/C20H28N8/c1-13-9-14(10-16(24-13)27-7-5-6-8-27)11-22-19-25-17(21)15-12-23-28(18(15)26-19)20(2,3)4/h9-10,12H,5-8,11H2,1-4H3,(H3,21,22,25,26). The fourth-order valence-corrected chi connectivity index (χ4v) is 3.61. The van der Waals surface area contributed by atoms with Gasteiger partial charge in [-0.1, -0.05) is 0 Å². The average molecular weight is 381 g/mol. The first-order valence-electron chi connectivity index (χ1n) is 9.79. The Morgan fingerprint density at radius 1 is 1.11 bits per heavy atom. The minimum Gasteiger partial charge on any atom is -0.383 e. The van der Waals surface area contributed by atoms with E-state index >= 15 is 0 Å². The van der Waals surface area contributed by atoms with Gasteiger partial charge in [-0.2, -0.15) is 15.1 Å². The lowest BCUT2D eigenvalue weighted by Gasteiger charge is -2.20. The number of anilines is 3. The summed E-state index contributed by atoms with van der Waals surface area (Å²) in [6.45, 7) is 11.1. The Kier molecular flexibility index (Phi) is 4.56. The summed E-state index contributed by atoms with van der Waals surface area (Å²) in [6, 6.07) is 4.24. The van der Waals surface area contributed by atoms with Gasteiger partial charge < -0.3 is 16.0 Å². The highest BCUT2D eigenvalue weighted by Crippen LogP contribution is 2.25. The molecule has 1 fully saturated rings. The van der Waals surface area contributed by atoms with Crippen molar-refractivity contribution in [3.63, 3.8) is 0 Å². The van der Waals surface area contributed by atoms with Crippen LogP contribution in [0.2, 0.25) is 0 Å². The SMILES string of the molecule is Cc1cc(CNc2nc(N)c3cnn(C(C)(C)C)c3n2)cc(N2CCCC2)n1. The molecule has 0 aromatic carbocycles. The monoisotopic (exact) mass is 380 g/mol. The van der Waals surface area contributed by atoms with E-state index in [0.29, 0.717) is 18.3 Å². The molecule has 0 amide bonds. The summed E-state index contributed by atoms with van der Waals surface area (Å²) in [5.41, 5.74) is 8.88. The van der Waals surface area contributed by atoms with Crippen molar-refractivity contribution < 1.29 is 0 Å². The minimum atomic E-state index is -0.188. The van der Waals surface area contributed by atoms with E-state index in [1.807, 2.05) is 11.6 Å². The number of nitrogen functional groups attached to an aromatic ring is 1. The summed E-state index contributed by atoms with van der Waals surface area (Å²) in [4.78, 5) is 16.1. The number of hydrogen-bond acceptors (Lipinski definition) is 7. The van der Waals surface area contributed by atoms with Crippen LogP contribution in [0.5, 0.6) is 0 Å². The van der Waals surface area contributed by atoms with Crippen molar-refractivity contribution in [1.82, 2.24) is 24.7 Å². The molecule has 0 aliphatic carbocycles. The van der Waals surface area contributed by atoms with Crippen LogP contribution >= 0.6 is 0 Å². The summed E-state index contributed by atoms with van der Waals surface area (Å²) in [7, 11) is 0. The van der Waals surface area contributed by atoms with Gasteiger partial charge in [0, 0.05) is 25.3 Å². The highest BCUT2D eigenvalue weighted by Gasteiger charge is 2.20. The van der Waals surface area contributed by atoms with Gasteiger partial charge in [0.15, 0.2) is 5.65 Å². The maximum absolute atomic E-state index is 6.15. The highest BCUT2D eigenvalue weighted by atomic mass is 15.3. The van der Waals surface area contributed by atoms with Gasteiger partial charge in [-0.3, -0.25) is 0 Å². The molecular weight excluding hydrogens is 352 g/mol. The van der Waals surface area contributed by atoms with Gasteiger partial charge in [0.05, 0.1) is 17.1 Å². The highest BCUT2D eigenvalue weighted by molar-refractivity contribution is 5.86. The van der Waals surface area contributed by atoms with E-state index in [0.717, 1.165) is 41.2 Å². The van der Waals surface area contributed by atoms with Crippen molar-refractivity contribution in [2.45, 2.75) is 52.6 Å². The second-order valence-corrected chi connectivity index (χ2v) is 8.42. The van der Waals surface area contributed by atoms with E-state index in [2.05, 4.69) is 58.2 Å². The smallest absolute Gasteiger partial charge is 0.226 e. The number of hydrogen-bond donors (Lipinski definition) is 2. The number of aromatic nitrogens is 5. The summed E-state index contributed by atoms with van der Waals surface area (Å²) >= 11 is 0. The van der Waals surface area contributed by atoms with Gasteiger partial charge >= 0.3 is 0 Å². The molecule has 4 rings (SSSR count). The molecule has 0 spiro atoms. The lowest BCUT2D eigenvalue weighted by molar-refractivity contribution is 0.366. The normalized spacial score (nSPS) is 14.8. The Balaban J connectivity index is 1.59. The number of pyridine rings is 1. The van der Waals surface area contributed by atoms with E-state index in [4.69, 9.17) is 10.7 Å². The van der Waals surface area contributed by atoms with Gasteiger partial charge in [0.1, 0.15) is 11.6 Å². The Labute approximate surface area is 165 Å². The molecule has 148 valence electrons. The van der Waals surface area contributed by atoms with Crippen molar-refractivity contribution in [3.8, 4) is 0 Å². The molecule has 4 heterocycles. The molecule has 28 heavy (non-hydrogen) atoms. The zero-order chi connectivity index (χ0) is 19.9. The first-order chi connectivity index (χ1) is 13.3. The van der Waals surface area contributed by atoms with Crippen LogP contribution < -0.4 is 16.0 Å². The van der Waals surface area contributed by atoms with Crippen LogP contribution in [0.25, 0.3) is 11.0 Å². The first kappa shape index (κ1) is 18.5. The molecule has 0 atom stereocenters. The summed E-state index contributed by atoms with van der Waals surface area (Å²) in [6.07, 6.45) is 4.20. The molecule has 8 nitrogen and oxygen atoms in total. The second kappa shape index (κ2) is 6.92. The lowest BCUT2D eigenvalue weighted by atomic mass is 10.1. The Hall–Kier alpha value is -2.90. The van der Waals surface area contributed by atoms with Gasteiger partial charge in [0.25, 0.3) is 0 Å². The number of rotatable bonds is 4. The van der Waals surface area contributed by atoms with E-state index in [1.54, 1.807) is 6.20 Å². The summed E-state index contributed by atoms with van der Waals surface area (Å²) < 4.78 is 1.88. The van der Waals surface area contributed by atoms with Crippen LogP contribution in [0.4, 0.5) is 17.6 Å². The van der Waals surface area contributed by atoms with E-state index in [-0.39, 0.29) is 5.54 Å². The number of fused-ring (bicyclic) bond motifs is 1. The van der Waals surface area contributed by atoms with Gasteiger partial charge in [0.2, 0.25) is 5.95 Å². The maximum atomic E-state index is 6.15. The van der Waals surface area contributed by atoms with Gasteiger partial charge in [-0.25, -0.2) is 9.67 Å². The third kappa shape index (κ3) is 3.58. The van der Waals surface area contributed by atoms with Crippen molar-refractivity contribution in [3.05, 3.63) is 29.6 Å². The summed E-state index contributed by atoms with van der Waals surface area (Å²) in [5.74, 6) is 2.00. The van der Waals surface area contributed by atoms with E-state index in [9.17, 15) is 0 Å². The van der Waals surface area contributed by atoms with Crippen LogP contribution in [0, 0.1) is 6.92 Å². The molecule has 0 saturated carbocycles. The average Bonchev–Trinajstić information content (AvgIpc) is 3.29. The van der Waals surface area contributed by atoms with Crippen molar-refractivity contribution >= 4 is 28.6 Å². The first-order valence-corrected chi connectivity index (χ1v) is 9.79. The maximum Gasteiger partial charge on any atom is 0.226 e. The summed E-state index contributed by atoms with van der Waals surface area (Å²) in [5, 5.41) is 8.54. The molecule has 0 bridgehead atoms. The van der Waals surface area contributed by atoms with Crippen LogP contribution in [0.1, 0.15) is 44.9 Å². The van der Waals surface area contributed by atoms with Crippen LogP contribution in [0.3, 0.4) is 0 Å². The molecule has 0 unspecified atom stereocenters. The molecule has 1 aliphatic rings. The lowest BCUT2D eigenvalue weighted by Crippen LogP contribution is -2.23. The van der Waals surface area contributed by atoms with Crippen LogP contribution in [0.15, 0.2) is 18.3 Å². The quantitative estimate of drug-likeness (QED) is 0.718. The fraction of sp³-hybridized carbons (Fsp3) is 0.500. The predicted molar refractivity (Wildman–Crippen MR) is 112 cm³/mol. The van der Waals surface area contributed by atoms with Crippen LogP contribution in [-0.4, -0.2) is 37.8 Å². The molecule has 8 heteroatoms. The Morgan fingerprint density at radius 3 is 2.57 bits per heavy atom. The zero-order valence-corrected chi connectivity index (χ0v) is 17.0. The number of nitrogens with zero attached hydrogens (tertiary/aromatic N) is 6. The number of nitrogens with one attached hydrogen (secondary N) is 1. The van der Waals surface area contributed by atoms with E-state index < -0.39 is 0 Å². The van der Waals surface area contributed by atoms with Crippen LogP contribution in [-0.2, 0) is 12.1 Å². The Bertz CT molecular complexity index is 995. The van der Waals surface area contributed by atoms with Crippen molar-refractivity contribution in [2.75, 3.05) is 29.0 Å². The molecule has 1 aliphatic heterocycles. The molecule has 1 saturated heterocycles. The molecule has 3 aromatic heterocycles. The molecule has 0 radical (unpaired) electrons. The largest absolute Gasteiger partial charge is 0.383 e. The second-order valence-electron chi connectivity index (χ2n) is 8.42. The minimum absolute atomic E-state index is 0.188. The third-order valence-corrected chi connectivity index (χ3v) is 4.97. The number of aryl methyl sites for hydroxylation is 1. The molecule has 3 aromatic rings. The number of nitrogens with two attached hydrogens (primary N) is 1. The third-order valence-electron chi connectivity index (χ3n) is 4.97. The van der Waals surface area contributed by atoms with Crippen molar-refractivity contribution in [1.29, 1.82) is 0 Å². The topological polar surface area (TPSA) is 97.8 Å². The fourth-order valence-electron chi connectivity index (χ4n) is 3.61. The Morgan fingerprint density at radius 2 is 1.86 bits per heavy atom. The zero-order valence-electron chi connectivity index (χ0n) is 17.0. The molecule has 3 N–H and O–H groups in total. The van der Waals surface area contributed by atoms with Gasteiger partial charge in [-0.15, -0.1) is 0 Å². The molecular formula is C20H28N8. The van der Waals surface area contributed by atoms with E-state index in [1.165, 1.54) is 12.8 Å².